The van der Waals surface area contributed by atoms with E-state index in [0.717, 1.165) is 23.9 Å². The second-order valence-electron chi connectivity index (χ2n) is 3.72. The van der Waals surface area contributed by atoms with Gasteiger partial charge in [-0.1, -0.05) is 0 Å². The summed E-state index contributed by atoms with van der Waals surface area (Å²) in [6, 6.07) is 0. The predicted octanol–water partition coefficient (Wildman–Crippen LogP) is -0.497. The topological polar surface area (TPSA) is 78.3 Å². The molecule has 1 fully saturated rings. The molecule has 0 aromatic carbocycles. The smallest absolute Gasteiger partial charge is 0.350 e. The van der Waals surface area contributed by atoms with Gasteiger partial charge in [0.05, 0.1) is 0 Å². The molecule has 88 valence electrons. The fourth-order valence-corrected chi connectivity index (χ4v) is 1.84. The largest absolute Gasteiger partial charge is 0.491 e. The normalized spacial score (nSPS) is 16.4. The molecule has 0 radical (unpaired) electrons. The average molecular weight is 229 g/mol. The summed E-state index contributed by atoms with van der Waals surface area (Å²) in [5, 5.41) is 11.0. The fraction of sp³-hybridized carbons (Fsp3) is 0.556. The van der Waals surface area contributed by atoms with E-state index in [4.69, 9.17) is 0 Å². The molecule has 0 spiro atoms. The Morgan fingerprint density at radius 1 is 1.19 bits per heavy atom. The second-order valence-corrected chi connectivity index (χ2v) is 3.72. The first-order chi connectivity index (χ1) is 7.61. The number of piperidine rings is 1. The monoisotopic (exact) mass is 229 g/mol. The molecule has 0 amide bonds. The highest BCUT2D eigenvalue weighted by molar-refractivity contribution is 5.13. The van der Waals surface area contributed by atoms with Crippen molar-refractivity contribution in [1.29, 1.82) is 0 Å². The van der Waals surface area contributed by atoms with Crippen LogP contribution in [0.1, 0.15) is 19.3 Å². The van der Waals surface area contributed by atoms with E-state index in [2.05, 4.69) is 0 Å². The van der Waals surface area contributed by atoms with Gasteiger partial charge < -0.3 is 10.1 Å². The van der Waals surface area contributed by atoms with E-state index in [1.807, 2.05) is 4.98 Å². The Morgan fingerprint density at radius 2 is 1.81 bits per heavy atom. The summed E-state index contributed by atoms with van der Waals surface area (Å²) in [4.78, 5) is 24.1. The molecule has 0 bridgehead atoms. The van der Waals surface area contributed by atoms with Crippen LogP contribution in [0.15, 0.2) is 9.59 Å². The zero-order chi connectivity index (χ0) is 11.7. The standard InChI is InChI=1S/C9H12FN3O3/c10-6-7(14)11-9(16)13(8(6)15)12-4-2-1-3-5-12/h15H,1-5H2,(H,11,14,16). The predicted molar refractivity (Wildman–Crippen MR) is 54.7 cm³/mol. The van der Waals surface area contributed by atoms with Gasteiger partial charge in [0.25, 0.3) is 11.4 Å². The zero-order valence-electron chi connectivity index (χ0n) is 8.57. The van der Waals surface area contributed by atoms with Gasteiger partial charge in [0.15, 0.2) is 0 Å². The Morgan fingerprint density at radius 3 is 2.44 bits per heavy atom. The lowest BCUT2D eigenvalue weighted by atomic mass is 10.2. The molecule has 0 saturated carbocycles. The van der Waals surface area contributed by atoms with Gasteiger partial charge >= 0.3 is 5.69 Å². The molecule has 1 aromatic heterocycles. The zero-order valence-corrected chi connectivity index (χ0v) is 8.57. The summed E-state index contributed by atoms with van der Waals surface area (Å²) < 4.78 is 13.9. The Balaban J connectivity index is 2.51. The maximum Gasteiger partial charge on any atom is 0.350 e. The number of halogens is 1. The van der Waals surface area contributed by atoms with Crippen molar-refractivity contribution < 1.29 is 9.50 Å². The fourth-order valence-electron chi connectivity index (χ4n) is 1.84. The minimum atomic E-state index is -1.33. The third kappa shape index (κ3) is 1.68. The summed E-state index contributed by atoms with van der Waals surface area (Å²) in [6.45, 7) is 1.11. The van der Waals surface area contributed by atoms with E-state index in [9.17, 15) is 19.1 Å². The van der Waals surface area contributed by atoms with Crippen molar-refractivity contribution in [3.63, 3.8) is 0 Å². The van der Waals surface area contributed by atoms with Crippen LogP contribution in [-0.2, 0) is 0 Å². The van der Waals surface area contributed by atoms with Crippen molar-refractivity contribution in [2.75, 3.05) is 18.1 Å². The van der Waals surface area contributed by atoms with Crippen LogP contribution in [0.2, 0.25) is 0 Å². The van der Waals surface area contributed by atoms with Gasteiger partial charge in [0.1, 0.15) is 0 Å². The minimum Gasteiger partial charge on any atom is -0.491 e. The van der Waals surface area contributed by atoms with Crippen LogP contribution in [0.25, 0.3) is 0 Å². The molecular formula is C9H12FN3O3. The quantitative estimate of drug-likeness (QED) is 0.680. The Labute approximate surface area is 89.9 Å². The molecule has 2 N–H and O–H groups in total. The molecule has 2 heterocycles. The van der Waals surface area contributed by atoms with E-state index in [0.29, 0.717) is 13.1 Å². The highest BCUT2D eigenvalue weighted by Crippen LogP contribution is 2.12. The number of H-pyrrole nitrogens is 1. The number of hydrogen-bond acceptors (Lipinski definition) is 4. The van der Waals surface area contributed by atoms with Crippen LogP contribution in [0, 0.1) is 5.82 Å². The maximum atomic E-state index is 13.1. The van der Waals surface area contributed by atoms with E-state index < -0.39 is 22.9 Å². The third-order valence-corrected chi connectivity index (χ3v) is 2.62. The number of nitrogens with one attached hydrogen (secondary N) is 1. The van der Waals surface area contributed by atoms with Gasteiger partial charge in [-0.2, -0.15) is 9.07 Å². The lowest BCUT2D eigenvalue weighted by molar-refractivity contribution is 0.339. The number of rotatable bonds is 1. The first-order valence-corrected chi connectivity index (χ1v) is 5.10. The molecule has 1 aliphatic heterocycles. The van der Waals surface area contributed by atoms with Crippen LogP contribution in [-0.4, -0.2) is 27.9 Å². The van der Waals surface area contributed by atoms with Crippen molar-refractivity contribution in [1.82, 2.24) is 9.66 Å². The molecule has 0 aliphatic carbocycles. The maximum absolute atomic E-state index is 13.1. The third-order valence-electron chi connectivity index (χ3n) is 2.62. The molecule has 1 saturated heterocycles. The Bertz CT molecular complexity index is 502. The van der Waals surface area contributed by atoms with Gasteiger partial charge in [-0.15, -0.1) is 0 Å². The first kappa shape index (κ1) is 10.7. The summed E-state index contributed by atoms with van der Waals surface area (Å²) in [6.07, 6.45) is 2.77. The SMILES string of the molecule is O=c1[nH]c(=O)n(N2CCCCC2)c(O)c1F. The van der Waals surface area contributed by atoms with Crippen molar-refractivity contribution in [2.45, 2.75) is 19.3 Å². The number of aromatic amines is 1. The highest BCUT2D eigenvalue weighted by atomic mass is 19.1. The lowest BCUT2D eigenvalue weighted by Gasteiger charge is -2.29. The Kier molecular flexibility index (Phi) is 2.67. The highest BCUT2D eigenvalue weighted by Gasteiger charge is 2.19. The molecule has 2 rings (SSSR count). The molecule has 6 nitrogen and oxygen atoms in total. The van der Waals surface area contributed by atoms with Crippen LogP contribution in [0.4, 0.5) is 4.39 Å². The lowest BCUT2D eigenvalue weighted by Crippen LogP contribution is -2.48. The van der Waals surface area contributed by atoms with Gasteiger partial charge in [0, 0.05) is 13.1 Å². The molecule has 0 atom stereocenters. The van der Waals surface area contributed by atoms with E-state index in [-0.39, 0.29) is 0 Å². The van der Waals surface area contributed by atoms with Crippen molar-refractivity contribution in [2.24, 2.45) is 0 Å². The molecule has 1 aromatic rings. The summed E-state index contributed by atoms with van der Waals surface area (Å²) >= 11 is 0. The number of hydrogen-bond donors (Lipinski definition) is 2. The van der Waals surface area contributed by atoms with Crippen LogP contribution < -0.4 is 16.3 Å². The molecule has 16 heavy (non-hydrogen) atoms. The summed E-state index contributed by atoms with van der Waals surface area (Å²) in [7, 11) is 0. The minimum absolute atomic E-state index is 0.555. The van der Waals surface area contributed by atoms with Gasteiger partial charge in [-0.25, -0.2) is 4.79 Å². The average Bonchev–Trinajstić information content (AvgIpc) is 2.28. The summed E-state index contributed by atoms with van der Waals surface area (Å²) in [5.74, 6) is -2.25. The first-order valence-electron chi connectivity index (χ1n) is 5.10. The van der Waals surface area contributed by atoms with E-state index in [1.165, 1.54) is 5.01 Å². The molecular weight excluding hydrogens is 217 g/mol. The van der Waals surface area contributed by atoms with E-state index >= 15 is 0 Å². The molecule has 0 unspecified atom stereocenters. The van der Waals surface area contributed by atoms with Crippen molar-refractivity contribution in [3.8, 4) is 5.88 Å². The van der Waals surface area contributed by atoms with Crippen LogP contribution in [0.5, 0.6) is 5.88 Å². The van der Waals surface area contributed by atoms with Gasteiger partial charge in [-0.3, -0.25) is 9.78 Å². The van der Waals surface area contributed by atoms with Crippen LogP contribution in [0.3, 0.4) is 0 Å². The number of aromatic nitrogens is 2. The van der Waals surface area contributed by atoms with E-state index in [1.54, 1.807) is 0 Å². The van der Waals surface area contributed by atoms with Crippen LogP contribution >= 0.6 is 0 Å². The summed E-state index contributed by atoms with van der Waals surface area (Å²) in [5.41, 5.74) is -2.01. The number of aromatic hydroxyl groups is 1. The van der Waals surface area contributed by atoms with Gasteiger partial charge in [0.2, 0.25) is 5.82 Å². The second kappa shape index (κ2) is 3.99. The Hall–Kier alpha value is -1.79. The molecule has 1 aliphatic rings. The van der Waals surface area contributed by atoms with Crippen molar-refractivity contribution in [3.05, 3.63) is 26.7 Å². The van der Waals surface area contributed by atoms with Crippen molar-refractivity contribution >= 4 is 0 Å². The van der Waals surface area contributed by atoms with Gasteiger partial charge in [-0.05, 0) is 19.3 Å². The number of nitrogens with zero attached hydrogens (tertiary/aromatic N) is 2. The molecule has 7 heteroatoms.